The van der Waals surface area contributed by atoms with Gasteiger partial charge in [-0.1, -0.05) is 19.8 Å². The van der Waals surface area contributed by atoms with E-state index < -0.39 is 0 Å². The summed E-state index contributed by atoms with van der Waals surface area (Å²) in [6, 6.07) is 0. The molecule has 1 heteroatoms. The van der Waals surface area contributed by atoms with Crippen LogP contribution < -0.4 is 0 Å². The molecule has 1 unspecified atom stereocenters. The zero-order chi connectivity index (χ0) is 7.28. The number of hydrogen-bond donors (Lipinski definition) is 0. The molecule has 1 atom stereocenters. The van der Waals surface area contributed by atoms with Gasteiger partial charge in [0.2, 0.25) is 0 Å². The highest BCUT2D eigenvalue weighted by atomic mass is 16.5. The van der Waals surface area contributed by atoms with E-state index in [0.717, 1.165) is 0 Å². The van der Waals surface area contributed by atoms with Gasteiger partial charge in [-0.05, 0) is 12.8 Å². The molecular weight excluding hydrogens is 112 g/mol. The Labute approximate surface area is 57.4 Å². The molecule has 0 aromatic heterocycles. The minimum atomic E-state index is 0.106. The molecule has 0 aliphatic carbocycles. The number of hydrogen-bond acceptors (Lipinski definition) is 1. The molecule has 0 radical (unpaired) electrons. The van der Waals surface area contributed by atoms with Crippen LogP contribution in [0, 0.1) is 17.8 Å². The third-order valence-corrected chi connectivity index (χ3v) is 1.15. The van der Waals surface area contributed by atoms with Gasteiger partial charge in [0.15, 0.2) is 0 Å². The first-order valence-electron chi connectivity index (χ1n) is 3.17. The van der Waals surface area contributed by atoms with Crippen molar-refractivity contribution >= 4 is 0 Å². The van der Waals surface area contributed by atoms with Crippen LogP contribution in [0.2, 0.25) is 0 Å². The van der Waals surface area contributed by atoms with Gasteiger partial charge >= 0.3 is 0 Å². The Kier molecular flexibility index (Phi) is 4.17. The standard InChI is InChI=1S/C8H14O/c1-5-6-8(9-4)7(2)3/h7-8H,1-4H3. The highest BCUT2D eigenvalue weighted by molar-refractivity contribution is 5.03. The van der Waals surface area contributed by atoms with E-state index in [4.69, 9.17) is 4.74 Å². The average molecular weight is 126 g/mol. The lowest BCUT2D eigenvalue weighted by atomic mass is 10.1. The Balaban J connectivity index is 3.78. The van der Waals surface area contributed by atoms with E-state index in [-0.39, 0.29) is 6.10 Å². The van der Waals surface area contributed by atoms with E-state index in [1.54, 1.807) is 7.11 Å². The first-order chi connectivity index (χ1) is 4.22. The van der Waals surface area contributed by atoms with Crippen molar-refractivity contribution < 1.29 is 4.74 Å². The highest BCUT2D eigenvalue weighted by Crippen LogP contribution is 2.02. The summed E-state index contributed by atoms with van der Waals surface area (Å²) in [7, 11) is 1.69. The van der Waals surface area contributed by atoms with Crippen LogP contribution in [0.1, 0.15) is 20.8 Å². The highest BCUT2D eigenvalue weighted by Gasteiger charge is 2.06. The fourth-order valence-corrected chi connectivity index (χ4v) is 0.640. The molecule has 1 nitrogen and oxygen atoms in total. The Morgan fingerprint density at radius 1 is 1.33 bits per heavy atom. The SMILES string of the molecule is CC#CC(OC)C(C)C. The van der Waals surface area contributed by atoms with Crippen molar-refractivity contribution in [3.8, 4) is 11.8 Å². The molecule has 0 aliphatic rings. The van der Waals surface area contributed by atoms with Crippen LogP contribution >= 0.6 is 0 Å². The lowest BCUT2D eigenvalue weighted by Crippen LogP contribution is -2.14. The summed E-state index contributed by atoms with van der Waals surface area (Å²) in [4.78, 5) is 0. The molecule has 9 heavy (non-hydrogen) atoms. The van der Waals surface area contributed by atoms with Crippen molar-refractivity contribution in [2.45, 2.75) is 26.9 Å². The van der Waals surface area contributed by atoms with Crippen molar-refractivity contribution in [1.29, 1.82) is 0 Å². The number of ether oxygens (including phenoxy) is 1. The third kappa shape index (κ3) is 3.16. The van der Waals surface area contributed by atoms with Gasteiger partial charge in [-0.25, -0.2) is 0 Å². The summed E-state index contributed by atoms with van der Waals surface area (Å²) >= 11 is 0. The molecule has 0 saturated heterocycles. The van der Waals surface area contributed by atoms with Gasteiger partial charge in [0.25, 0.3) is 0 Å². The van der Waals surface area contributed by atoms with Gasteiger partial charge in [0, 0.05) is 7.11 Å². The zero-order valence-electron chi connectivity index (χ0n) is 6.56. The van der Waals surface area contributed by atoms with Crippen molar-refractivity contribution in [2.24, 2.45) is 5.92 Å². The number of methoxy groups -OCH3 is 1. The summed E-state index contributed by atoms with van der Waals surface area (Å²) in [5.41, 5.74) is 0. The van der Waals surface area contributed by atoms with Crippen LogP contribution in [0.5, 0.6) is 0 Å². The molecule has 0 aliphatic heterocycles. The van der Waals surface area contributed by atoms with Crippen LogP contribution in [0.15, 0.2) is 0 Å². The summed E-state index contributed by atoms with van der Waals surface area (Å²) in [5, 5.41) is 0. The molecule has 0 aromatic rings. The normalized spacial score (nSPS) is 12.6. The minimum absolute atomic E-state index is 0.106. The van der Waals surface area contributed by atoms with Crippen molar-refractivity contribution in [1.82, 2.24) is 0 Å². The summed E-state index contributed by atoms with van der Waals surface area (Å²) in [6.07, 6.45) is 0.106. The Morgan fingerprint density at radius 3 is 2.00 bits per heavy atom. The third-order valence-electron chi connectivity index (χ3n) is 1.15. The monoisotopic (exact) mass is 126 g/mol. The molecule has 0 heterocycles. The molecule has 0 saturated carbocycles. The molecule has 0 rings (SSSR count). The Morgan fingerprint density at radius 2 is 1.89 bits per heavy atom. The smallest absolute Gasteiger partial charge is 0.120 e. The maximum Gasteiger partial charge on any atom is 0.120 e. The fraction of sp³-hybridized carbons (Fsp3) is 0.750. The molecular formula is C8H14O. The molecule has 52 valence electrons. The van der Waals surface area contributed by atoms with Crippen LogP contribution in [-0.2, 0) is 4.74 Å². The van der Waals surface area contributed by atoms with Gasteiger partial charge in [-0.3, -0.25) is 0 Å². The largest absolute Gasteiger partial charge is 0.368 e. The van der Waals surface area contributed by atoms with Gasteiger partial charge in [0.1, 0.15) is 6.10 Å². The second kappa shape index (κ2) is 4.40. The first-order valence-corrected chi connectivity index (χ1v) is 3.17. The van der Waals surface area contributed by atoms with E-state index in [2.05, 4.69) is 25.7 Å². The first kappa shape index (κ1) is 8.52. The van der Waals surface area contributed by atoms with E-state index in [1.807, 2.05) is 6.92 Å². The zero-order valence-corrected chi connectivity index (χ0v) is 6.56. The quantitative estimate of drug-likeness (QED) is 0.511. The molecule has 0 amide bonds. The molecule has 0 N–H and O–H groups in total. The topological polar surface area (TPSA) is 9.23 Å². The summed E-state index contributed by atoms with van der Waals surface area (Å²) < 4.78 is 5.08. The lowest BCUT2D eigenvalue weighted by molar-refractivity contribution is 0.111. The predicted octanol–water partition coefficient (Wildman–Crippen LogP) is 1.68. The average Bonchev–Trinajstić information content (AvgIpc) is 1.82. The Hall–Kier alpha value is -0.480. The van der Waals surface area contributed by atoms with Gasteiger partial charge in [0.05, 0.1) is 0 Å². The molecule has 0 fully saturated rings. The molecule has 0 bridgehead atoms. The fourth-order valence-electron chi connectivity index (χ4n) is 0.640. The van der Waals surface area contributed by atoms with E-state index >= 15 is 0 Å². The summed E-state index contributed by atoms with van der Waals surface area (Å²) in [6.45, 7) is 6.02. The van der Waals surface area contributed by atoms with E-state index in [1.165, 1.54) is 0 Å². The maximum atomic E-state index is 5.08. The van der Waals surface area contributed by atoms with Gasteiger partial charge in [-0.15, -0.1) is 5.92 Å². The summed E-state index contributed by atoms with van der Waals surface area (Å²) in [5.74, 6) is 6.27. The second-order valence-corrected chi connectivity index (χ2v) is 2.29. The number of rotatable bonds is 2. The molecule has 0 aromatic carbocycles. The van der Waals surface area contributed by atoms with Crippen molar-refractivity contribution in [3.05, 3.63) is 0 Å². The lowest BCUT2D eigenvalue weighted by Gasteiger charge is -2.11. The van der Waals surface area contributed by atoms with Gasteiger partial charge < -0.3 is 4.74 Å². The van der Waals surface area contributed by atoms with Crippen LogP contribution in [0.4, 0.5) is 0 Å². The van der Waals surface area contributed by atoms with Crippen molar-refractivity contribution in [2.75, 3.05) is 7.11 Å². The molecule has 0 spiro atoms. The van der Waals surface area contributed by atoms with E-state index in [9.17, 15) is 0 Å². The van der Waals surface area contributed by atoms with Crippen molar-refractivity contribution in [3.63, 3.8) is 0 Å². The predicted molar refractivity (Wildman–Crippen MR) is 39.1 cm³/mol. The van der Waals surface area contributed by atoms with Crippen LogP contribution in [0.3, 0.4) is 0 Å². The maximum absolute atomic E-state index is 5.08. The van der Waals surface area contributed by atoms with Crippen LogP contribution in [-0.4, -0.2) is 13.2 Å². The second-order valence-electron chi connectivity index (χ2n) is 2.29. The minimum Gasteiger partial charge on any atom is -0.368 e. The van der Waals surface area contributed by atoms with E-state index in [0.29, 0.717) is 5.92 Å². The Bertz CT molecular complexity index is 116. The van der Waals surface area contributed by atoms with Gasteiger partial charge in [-0.2, -0.15) is 0 Å². The van der Waals surface area contributed by atoms with Crippen LogP contribution in [0.25, 0.3) is 0 Å².